The molecule has 0 aliphatic carbocycles. The standard InChI is InChI=1S/C25H16F4N8O/c26-17-8-18-20(36-13-31-10-22(36)23(30)34-18)7-16(17)24(38)35(21-11-33-37-6-2-1-3-19(21)37)12-15-5-4-14(9-32-15)25(27,28)29/h1-11,13H,12H2,(H2,30,34). The van der Waals surface area contributed by atoms with Crippen molar-refractivity contribution in [2.24, 2.45) is 0 Å². The first-order chi connectivity index (χ1) is 18.2. The number of pyridine rings is 2. The Morgan fingerprint density at radius 1 is 1.03 bits per heavy atom. The predicted octanol–water partition coefficient (Wildman–Crippen LogP) is 4.51. The first-order valence-electron chi connectivity index (χ1n) is 11.2. The van der Waals surface area contributed by atoms with E-state index in [4.69, 9.17) is 5.73 Å². The van der Waals surface area contributed by atoms with Crippen molar-refractivity contribution in [1.29, 1.82) is 0 Å². The van der Waals surface area contributed by atoms with Crippen LogP contribution >= 0.6 is 0 Å². The Hall–Kier alpha value is -5.07. The number of fused-ring (bicyclic) bond motifs is 4. The summed E-state index contributed by atoms with van der Waals surface area (Å²) in [5.41, 5.74) is 6.83. The van der Waals surface area contributed by atoms with Gasteiger partial charge in [-0.15, -0.1) is 0 Å². The molecule has 13 heteroatoms. The maximum Gasteiger partial charge on any atom is 0.417 e. The smallest absolute Gasteiger partial charge is 0.382 e. The molecule has 1 aromatic carbocycles. The fraction of sp³-hybridized carbons (Fsp3) is 0.0800. The van der Waals surface area contributed by atoms with Gasteiger partial charge in [0.15, 0.2) is 0 Å². The molecule has 9 nitrogen and oxygen atoms in total. The third-order valence-corrected chi connectivity index (χ3v) is 6.11. The molecule has 0 radical (unpaired) electrons. The van der Waals surface area contributed by atoms with Gasteiger partial charge in [0, 0.05) is 18.5 Å². The number of nitrogens with zero attached hydrogens (tertiary/aromatic N) is 7. The zero-order valence-electron chi connectivity index (χ0n) is 19.3. The van der Waals surface area contributed by atoms with Gasteiger partial charge in [0.05, 0.1) is 64.3 Å². The van der Waals surface area contributed by atoms with Gasteiger partial charge in [0.25, 0.3) is 5.91 Å². The minimum absolute atomic E-state index is 0.148. The van der Waals surface area contributed by atoms with Gasteiger partial charge in [-0.3, -0.25) is 19.1 Å². The number of nitrogens with two attached hydrogens (primary N) is 1. The predicted molar refractivity (Wildman–Crippen MR) is 130 cm³/mol. The number of anilines is 2. The third kappa shape index (κ3) is 3.84. The molecule has 2 N–H and O–H groups in total. The van der Waals surface area contributed by atoms with Crippen molar-refractivity contribution in [2.45, 2.75) is 12.7 Å². The molecule has 5 aromatic heterocycles. The highest BCUT2D eigenvalue weighted by Gasteiger charge is 2.31. The lowest BCUT2D eigenvalue weighted by Crippen LogP contribution is -2.31. The molecule has 0 bridgehead atoms. The Balaban J connectivity index is 1.48. The van der Waals surface area contributed by atoms with Gasteiger partial charge in [0.1, 0.15) is 17.2 Å². The van der Waals surface area contributed by atoms with Crippen LogP contribution in [0.3, 0.4) is 0 Å². The maximum absolute atomic E-state index is 15.4. The SMILES string of the molecule is Nc1nc2cc(F)c(C(=O)N(Cc3ccc(C(F)(F)F)cn3)c3cnn4ccccc34)cc2n2cncc12. The number of benzene rings is 1. The van der Waals surface area contributed by atoms with Crippen molar-refractivity contribution in [2.75, 3.05) is 10.6 Å². The summed E-state index contributed by atoms with van der Waals surface area (Å²) in [6, 6.07) is 9.68. The van der Waals surface area contributed by atoms with Crippen LogP contribution in [-0.4, -0.2) is 34.9 Å². The Bertz CT molecular complexity index is 1840. The highest BCUT2D eigenvalue weighted by atomic mass is 19.4. The minimum Gasteiger partial charge on any atom is -0.382 e. The van der Waals surface area contributed by atoms with E-state index < -0.39 is 23.5 Å². The fourth-order valence-electron chi connectivity index (χ4n) is 4.25. The average molecular weight is 520 g/mol. The van der Waals surface area contributed by atoms with Crippen molar-refractivity contribution in [1.82, 2.24) is 29.0 Å². The summed E-state index contributed by atoms with van der Waals surface area (Å²) in [5, 5.41) is 4.24. The Labute approximate surface area is 210 Å². The first-order valence-corrected chi connectivity index (χ1v) is 11.2. The summed E-state index contributed by atoms with van der Waals surface area (Å²) in [7, 11) is 0. The molecule has 0 aliphatic heterocycles. The highest BCUT2D eigenvalue weighted by molar-refractivity contribution is 6.09. The van der Waals surface area contributed by atoms with Crippen LogP contribution in [0.2, 0.25) is 0 Å². The van der Waals surface area contributed by atoms with E-state index in [1.165, 1.54) is 40.3 Å². The number of nitrogen functional groups attached to an aromatic ring is 1. The van der Waals surface area contributed by atoms with Crippen LogP contribution in [0.25, 0.3) is 22.1 Å². The van der Waals surface area contributed by atoms with E-state index >= 15 is 4.39 Å². The lowest BCUT2D eigenvalue weighted by molar-refractivity contribution is -0.137. The molecule has 0 spiro atoms. The molecule has 190 valence electrons. The van der Waals surface area contributed by atoms with Crippen molar-refractivity contribution < 1.29 is 22.4 Å². The Morgan fingerprint density at radius 2 is 1.87 bits per heavy atom. The largest absolute Gasteiger partial charge is 0.417 e. The molecule has 5 heterocycles. The normalized spacial score (nSPS) is 12.0. The molecule has 0 saturated carbocycles. The number of alkyl halides is 3. The first kappa shape index (κ1) is 23.3. The average Bonchev–Trinajstić information content (AvgIpc) is 3.55. The quantitative estimate of drug-likeness (QED) is 0.343. The second-order valence-corrected chi connectivity index (χ2v) is 8.45. The summed E-state index contributed by atoms with van der Waals surface area (Å²) < 4.78 is 57.6. The van der Waals surface area contributed by atoms with Gasteiger partial charge in [-0.25, -0.2) is 18.9 Å². The van der Waals surface area contributed by atoms with Crippen LogP contribution in [0.1, 0.15) is 21.6 Å². The summed E-state index contributed by atoms with van der Waals surface area (Å²) in [6.45, 7) is -0.245. The summed E-state index contributed by atoms with van der Waals surface area (Å²) in [5.74, 6) is -1.46. The second kappa shape index (κ2) is 8.50. The van der Waals surface area contributed by atoms with Crippen LogP contribution < -0.4 is 10.6 Å². The molecule has 0 atom stereocenters. The molecule has 38 heavy (non-hydrogen) atoms. The number of rotatable bonds is 4. The molecule has 0 saturated heterocycles. The van der Waals surface area contributed by atoms with Crippen molar-refractivity contribution in [3.63, 3.8) is 0 Å². The number of carbonyl (C=O) groups is 1. The van der Waals surface area contributed by atoms with Gasteiger partial charge >= 0.3 is 6.18 Å². The van der Waals surface area contributed by atoms with Gasteiger partial charge < -0.3 is 5.73 Å². The van der Waals surface area contributed by atoms with Crippen LogP contribution in [0.4, 0.5) is 29.1 Å². The molecule has 6 aromatic rings. The molecule has 6 rings (SSSR count). The lowest BCUT2D eigenvalue weighted by Gasteiger charge is -2.22. The number of amides is 1. The molecule has 0 fully saturated rings. The third-order valence-electron chi connectivity index (χ3n) is 6.11. The highest BCUT2D eigenvalue weighted by Crippen LogP contribution is 2.30. The zero-order valence-corrected chi connectivity index (χ0v) is 19.3. The van der Waals surface area contributed by atoms with Crippen molar-refractivity contribution in [3.05, 3.63) is 96.2 Å². The number of halogens is 4. The molecule has 1 amide bonds. The van der Waals surface area contributed by atoms with Gasteiger partial charge in [-0.05, 0) is 30.3 Å². The van der Waals surface area contributed by atoms with E-state index in [1.807, 2.05) is 0 Å². The fourth-order valence-corrected chi connectivity index (χ4v) is 4.25. The van der Waals surface area contributed by atoms with E-state index in [2.05, 4.69) is 20.1 Å². The number of aromatic nitrogens is 6. The van der Waals surface area contributed by atoms with Gasteiger partial charge in [-0.2, -0.15) is 18.3 Å². The number of hydrogen-bond donors (Lipinski definition) is 1. The number of carbonyl (C=O) groups excluding carboxylic acids is 1. The van der Waals surface area contributed by atoms with Crippen LogP contribution in [0.15, 0.2) is 73.6 Å². The van der Waals surface area contributed by atoms with Crippen LogP contribution in [0.5, 0.6) is 0 Å². The lowest BCUT2D eigenvalue weighted by atomic mass is 10.1. The van der Waals surface area contributed by atoms with E-state index in [-0.39, 0.29) is 29.1 Å². The van der Waals surface area contributed by atoms with E-state index in [0.29, 0.717) is 28.4 Å². The van der Waals surface area contributed by atoms with Gasteiger partial charge in [-0.1, -0.05) is 6.07 Å². The number of hydrogen-bond acceptors (Lipinski definition) is 6. The summed E-state index contributed by atoms with van der Waals surface area (Å²) in [6.07, 6.45) is 2.18. The van der Waals surface area contributed by atoms with E-state index in [9.17, 15) is 18.0 Å². The summed E-state index contributed by atoms with van der Waals surface area (Å²) in [4.78, 5) is 27.3. The Morgan fingerprint density at radius 3 is 2.63 bits per heavy atom. The summed E-state index contributed by atoms with van der Waals surface area (Å²) >= 11 is 0. The molecule has 0 unspecified atom stereocenters. The van der Waals surface area contributed by atoms with Crippen molar-refractivity contribution >= 4 is 39.5 Å². The maximum atomic E-state index is 15.4. The van der Waals surface area contributed by atoms with E-state index in [1.54, 1.807) is 28.8 Å². The Kier molecular flexibility index (Phi) is 5.22. The molecule has 0 aliphatic rings. The molecular formula is C25H16F4N8O. The molecular weight excluding hydrogens is 504 g/mol. The second-order valence-electron chi connectivity index (χ2n) is 8.45. The van der Waals surface area contributed by atoms with Crippen LogP contribution in [0, 0.1) is 5.82 Å². The van der Waals surface area contributed by atoms with Crippen molar-refractivity contribution in [3.8, 4) is 0 Å². The topological polar surface area (TPSA) is 107 Å². The zero-order chi connectivity index (χ0) is 26.6. The van der Waals surface area contributed by atoms with E-state index in [0.717, 1.165) is 12.1 Å². The number of imidazole rings is 1. The van der Waals surface area contributed by atoms with Crippen LogP contribution in [-0.2, 0) is 12.7 Å². The monoisotopic (exact) mass is 520 g/mol. The van der Waals surface area contributed by atoms with Gasteiger partial charge in [0.2, 0.25) is 0 Å². The minimum atomic E-state index is -4.56.